The molecule has 1 aromatic heterocycles. The Morgan fingerprint density at radius 1 is 1.48 bits per heavy atom. The standard InChI is InChI=1S/C16H28N4O2S/c1-11-10-20(7-6-19(11)8-9-22-5)13(3)15(21)18-16-17-12(2)14(4)23-16/h11,13H,6-10H2,1-5H3,(H,17,18,21)/t11-,13-/m0/s1. The second kappa shape index (κ2) is 8.19. The van der Waals surface area contributed by atoms with Gasteiger partial charge in [-0.2, -0.15) is 0 Å². The highest BCUT2D eigenvalue weighted by Crippen LogP contribution is 2.22. The van der Waals surface area contributed by atoms with Gasteiger partial charge in [0.25, 0.3) is 0 Å². The molecule has 130 valence electrons. The van der Waals surface area contributed by atoms with E-state index in [1.807, 2.05) is 20.8 Å². The van der Waals surface area contributed by atoms with Crippen LogP contribution in [-0.2, 0) is 9.53 Å². The summed E-state index contributed by atoms with van der Waals surface area (Å²) < 4.78 is 5.16. The van der Waals surface area contributed by atoms with Crippen molar-refractivity contribution in [2.75, 3.05) is 45.2 Å². The predicted octanol–water partition coefficient (Wildman–Crippen LogP) is 1.74. The lowest BCUT2D eigenvalue weighted by Gasteiger charge is -2.41. The van der Waals surface area contributed by atoms with Gasteiger partial charge in [-0.1, -0.05) is 0 Å². The Morgan fingerprint density at radius 2 is 2.22 bits per heavy atom. The van der Waals surface area contributed by atoms with Crippen LogP contribution in [0.1, 0.15) is 24.4 Å². The third-order valence-corrected chi connectivity index (χ3v) is 5.55. The highest BCUT2D eigenvalue weighted by molar-refractivity contribution is 7.15. The van der Waals surface area contributed by atoms with Crippen LogP contribution in [-0.4, -0.2) is 72.7 Å². The molecule has 1 N–H and O–H groups in total. The lowest BCUT2D eigenvalue weighted by atomic mass is 10.1. The number of aryl methyl sites for hydroxylation is 2. The Hall–Kier alpha value is -1.02. The van der Waals surface area contributed by atoms with Gasteiger partial charge in [0.1, 0.15) is 0 Å². The Morgan fingerprint density at radius 3 is 2.78 bits per heavy atom. The Balaban J connectivity index is 1.87. The maximum Gasteiger partial charge on any atom is 0.243 e. The summed E-state index contributed by atoms with van der Waals surface area (Å²) in [6, 6.07) is 0.282. The van der Waals surface area contributed by atoms with Gasteiger partial charge in [-0.25, -0.2) is 4.98 Å². The molecule has 1 aliphatic heterocycles. The van der Waals surface area contributed by atoms with Crippen molar-refractivity contribution in [3.05, 3.63) is 10.6 Å². The van der Waals surface area contributed by atoms with Crippen LogP contribution in [0.3, 0.4) is 0 Å². The number of aromatic nitrogens is 1. The molecular weight excluding hydrogens is 312 g/mol. The molecule has 0 aliphatic carbocycles. The number of carbonyl (C=O) groups excluding carboxylic acids is 1. The second-order valence-corrected chi connectivity index (χ2v) is 7.40. The first kappa shape index (κ1) is 18.3. The van der Waals surface area contributed by atoms with Crippen molar-refractivity contribution >= 4 is 22.4 Å². The van der Waals surface area contributed by atoms with E-state index < -0.39 is 0 Å². The zero-order valence-electron chi connectivity index (χ0n) is 14.8. The fourth-order valence-corrected chi connectivity index (χ4v) is 3.64. The van der Waals surface area contributed by atoms with Gasteiger partial charge < -0.3 is 10.1 Å². The smallest absolute Gasteiger partial charge is 0.243 e. The first-order chi connectivity index (χ1) is 10.9. The molecule has 23 heavy (non-hydrogen) atoms. The minimum Gasteiger partial charge on any atom is -0.383 e. The number of anilines is 1. The Bertz CT molecular complexity index is 515. The number of carbonyl (C=O) groups is 1. The number of piperazine rings is 1. The number of hydrogen-bond acceptors (Lipinski definition) is 6. The predicted molar refractivity (Wildman–Crippen MR) is 94.2 cm³/mol. The molecule has 0 bridgehead atoms. The molecule has 0 unspecified atom stereocenters. The highest BCUT2D eigenvalue weighted by atomic mass is 32.1. The van der Waals surface area contributed by atoms with Gasteiger partial charge in [0.05, 0.1) is 18.3 Å². The van der Waals surface area contributed by atoms with Gasteiger partial charge in [0.15, 0.2) is 5.13 Å². The van der Waals surface area contributed by atoms with E-state index in [4.69, 9.17) is 4.74 Å². The summed E-state index contributed by atoms with van der Waals surface area (Å²) in [6.45, 7) is 12.6. The van der Waals surface area contributed by atoms with Crippen LogP contribution in [0.15, 0.2) is 0 Å². The number of ether oxygens (including phenoxy) is 1. The van der Waals surface area contributed by atoms with Crippen molar-refractivity contribution in [3.63, 3.8) is 0 Å². The summed E-state index contributed by atoms with van der Waals surface area (Å²) in [5, 5.41) is 3.65. The van der Waals surface area contributed by atoms with Crippen LogP contribution >= 0.6 is 11.3 Å². The van der Waals surface area contributed by atoms with Crippen LogP contribution in [0.25, 0.3) is 0 Å². The fourth-order valence-electron chi connectivity index (χ4n) is 2.82. The molecule has 0 aromatic carbocycles. The number of methoxy groups -OCH3 is 1. The van der Waals surface area contributed by atoms with Crippen molar-refractivity contribution in [1.82, 2.24) is 14.8 Å². The summed E-state index contributed by atoms with van der Waals surface area (Å²) in [4.78, 5) is 22.7. The highest BCUT2D eigenvalue weighted by Gasteiger charge is 2.29. The zero-order chi connectivity index (χ0) is 17.0. The van der Waals surface area contributed by atoms with Crippen LogP contribution < -0.4 is 5.32 Å². The van der Waals surface area contributed by atoms with Gasteiger partial charge in [0, 0.05) is 44.2 Å². The van der Waals surface area contributed by atoms with Crippen molar-refractivity contribution in [2.24, 2.45) is 0 Å². The molecule has 1 aromatic rings. The molecule has 2 heterocycles. The SMILES string of the molecule is COCCN1CCN([C@@H](C)C(=O)Nc2nc(C)c(C)s2)C[C@@H]1C. The van der Waals surface area contributed by atoms with E-state index in [1.165, 1.54) is 11.3 Å². The van der Waals surface area contributed by atoms with Gasteiger partial charge in [-0.3, -0.25) is 14.6 Å². The van der Waals surface area contributed by atoms with Crippen molar-refractivity contribution in [1.29, 1.82) is 0 Å². The number of nitrogens with one attached hydrogen (secondary N) is 1. The monoisotopic (exact) mass is 340 g/mol. The first-order valence-electron chi connectivity index (χ1n) is 8.14. The van der Waals surface area contributed by atoms with E-state index in [9.17, 15) is 4.79 Å². The van der Waals surface area contributed by atoms with E-state index in [1.54, 1.807) is 7.11 Å². The third-order valence-electron chi connectivity index (χ3n) is 4.56. The largest absolute Gasteiger partial charge is 0.383 e. The maximum atomic E-state index is 12.5. The Kier molecular flexibility index (Phi) is 6.52. The summed E-state index contributed by atoms with van der Waals surface area (Å²) in [5.74, 6) is 0.0243. The van der Waals surface area contributed by atoms with Gasteiger partial charge in [-0.05, 0) is 27.7 Å². The number of rotatable bonds is 6. The summed E-state index contributed by atoms with van der Waals surface area (Å²) in [5.41, 5.74) is 0.985. The maximum absolute atomic E-state index is 12.5. The second-order valence-electron chi connectivity index (χ2n) is 6.20. The van der Waals surface area contributed by atoms with E-state index in [-0.39, 0.29) is 11.9 Å². The lowest BCUT2D eigenvalue weighted by Crippen LogP contribution is -2.57. The molecule has 6 nitrogen and oxygen atoms in total. The molecule has 0 saturated carbocycles. The third kappa shape index (κ3) is 4.73. The van der Waals surface area contributed by atoms with Gasteiger partial charge >= 0.3 is 0 Å². The van der Waals surface area contributed by atoms with Crippen LogP contribution in [0.5, 0.6) is 0 Å². The first-order valence-corrected chi connectivity index (χ1v) is 8.96. The van der Waals surface area contributed by atoms with E-state index in [0.29, 0.717) is 11.2 Å². The van der Waals surface area contributed by atoms with Gasteiger partial charge in [0.2, 0.25) is 5.91 Å². The number of amides is 1. The van der Waals surface area contributed by atoms with Crippen molar-refractivity contribution < 1.29 is 9.53 Å². The molecule has 7 heteroatoms. The average Bonchev–Trinajstić information content (AvgIpc) is 2.83. The normalized spacial score (nSPS) is 21.3. The molecule has 1 aliphatic rings. The number of thiazole rings is 1. The molecule has 1 fully saturated rings. The number of nitrogens with zero attached hydrogens (tertiary/aromatic N) is 3. The summed E-state index contributed by atoms with van der Waals surface area (Å²) in [7, 11) is 1.73. The molecule has 1 amide bonds. The van der Waals surface area contributed by atoms with E-state index in [0.717, 1.165) is 43.4 Å². The lowest BCUT2D eigenvalue weighted by molar-refractivity contribution is -0.121. The molecule has 0 radical (unpaired) electrons. The van der Waals surface area contributed by atoms with Gasteiger partial charge in [-0.15, -0.1) is 11.3 Å². The minimum atomic E-state index is -0.147. The van der Waals surface area contributed by atoms with Crippen LogP contribution in [0, 0.1) is 13.8 Å². The van der Waals surface area contributed by atoms with Crippen LogP contribution in [0.2, 0.25) is 0 Å². The molecule has 0 spiro atoms. The van der Waals surface area contributed by atoms with Crippen molar-refractivity contribution in [2.45, 2.75) is 39.8 Å². The molecule has 2 atom stereocenters. The fraction of sp³-hybridized carbons (Fsp3) is 0.750. The zero-order valence-corrected chi connectivity index (χ0v) is 15.6. The molecular formula is C16H28N4O2S. The molecule has 1 saturated heterocycles. The Labute approximate surface area is 142 Å². The average molecular weight is 340 g/mol. The topological polar surface area (TPSA) is 57.7 Å². The van der Waals surface area contributed by atoms with Crippen LogP contribution in [0.4, 0.5) is 5.13 Å². The van der Waals surface area contributed by atoms with E-state index in [2.05, 4.69) is 27.0 Å². The molecule has 2 rings (SSSR count). The van der Waals surface area contributed by atoms with Crippen molar-refractivity contribution in [3.8, 4) is 0 Å². The quantitative estimate of drug-likeness (QED) is 0.855. The summed E-state index contributed by atoms with van der Waals surface area (Å²) >= 11 is 1.53. The van der Waals surface area contributed by atoms with E-state index >= 15 is 0 Å². The minimum absolute atomic E-state index is 0.0243. The number of hydrogen-bond donors (Lipinski definition) is 1. The summed E-state index contributed by atoms with van der Waals surface area (Å²) in [6.07, 6.45) is 0.